The molecule has 2 N–H and O–H groups in total. The van der Waals surface area contributed by atoms with Gasteiger partial charge in [0.05, 0.1) is 10.7 Å². The minimum atomic E-state index is -0.468. The number of carbonyl (C=O) groups excluding carboxylic acids is 2. The molecule has 126 valence electrons. The molecular weight excluding hydrogens is 349 g/mol. The Morgan fingerprint density at radius 1 is 1.00 bits per heavy atom. The molecule has 0 spiro atoms. The second kappa shape index (κ2) is 7.20. The highest BCUT2D eigenvalue weighted by atomic mass is 35.5. The van der Waals surface area contributed by atoms with Crippen molar-refractivity contribution >= 4 is 40.7 Å². The lowest BCUT2D eigenvalue weighted by atomic mass is 10.1. The van der Waals surface area contributed by atoms with E-state index in [1.807, 2.05) is 20.8 Å². The van der Waals surface area contributed by atoms with E-state index >= 15 is 0 Å². The van der Waals surface area contributed by atoms with Crippen LogP contribution in [0.15, 0.2) is 36.4 Å². The van der Waals surface area contributed by atoms with Crippen LogP contribution in [-0.2, 0) is 0 Å². The van der Waals surface area contributed by atoms with E-state index < -0.39 is 11.4 Å². The van der Waals surface area contributed by atoms with E-state index in [1.165, 1.54) is 12.1 Å². The minimum absolute atomic E-state index is 0.113. The number of carbonyl (C=O) groups is 2. The molecule has 2 amide bonds. The van der Waals surface area contributed by atoms with E-state index in [0.717, 1.165) is 0 Å². The number of halogens is 2. The highest BCUT2D eigenvalue weighted by Gasteiger charge is 2.18. The van der Waals surface area contributed by atoms with Crippen LogP contribution >= 0.6 is 23.2 Å². The minimum Gasteiger partial charge on any atom is -0.346 e. The maximum absolute atomic E-state index is 12.3. The Hall–Kier alpha value is -2.11. The molecule has 0 aliphatic rings. The Balaban J connectivity index is 2.18. The first-order valence-electron chi connectivity index (χ1n) is 7.22. The van der Waals surface area contributed by atoms with Crippen molar-refractivity contribution in [1.82, 2.24) is 10.3 Å². The summed E-state index contributed by atoms with van der Waals surface area (Å²) >= 11 is 11.9. The van der Waals surface area contributed by atoms with Gasteiger partial charge in [0.15, 0.2) is 0 Å². The summed E-state index contributed by atoms with van der Waals surface area (Å²) in [6, 6.07) is 9.41. The molecule has 0 saturated carbocycles. The number of hydrogen-bond acceptors (Lipinski definition) is 3. The molecule has 0 bridgehead atoms. The van der Waals surface area contributed by atoms with Crippen molar-refractivity contribution in [2.75, 3.05) is 5.32 Å². The molecule has 0 unspecified atom stereocenters. The molecule has 2 aromatic rings. The van der Waals surface area contributed by atoms with Gasteiger partial charge in [0.25, 0.3) is 11.8 Å². The lowest BCUT2D eigenvalue weighted by molar-refractivity contribution is 0.0914. The van der Waals surface area contributed by atoms with Crippen molar-refractivity contribution in [1.29, 1.82) is 0 Å². The topological polar surface area (TPSA) is 71.1 Å². The van der Waals surface area contributed by atoms with E-state index in [2.05, 4.69) is 15.6 Å². The number of hydrogen-bond donors (Lipinski definition) is 2. The fraction of sp³-hybridized carbons (Fsp3) is 0.235. The van der Waals surface area contributed by atoms with Gasteiger partial charge in [-0.25, -0.2) is 4.98 Å². The quantitative estimate of drug-likeness (QED) is 0.857. The molecule has 0 radical (unpaired) electrons. The maximum Gasteiger partial charge on any atom is 0.274 e. The summed E-state index contributed by atoms with van der Waals surface area (Å²) in [5.74, 6) is -0.814. The molecule has 0 aliphatic carbocycles. The Kier molecular flexibility index (Phi) is 5.47. The number of rotatable bonds is 3. The van der Waals surface area contributed by atoms with Crippen LogP contribution in [-0.4, -0.2) is 22.3 Å². The van der Waals surface area contributed by atoms with Gasteiger partial charge >= 0.3 is 0 Å². The van der Waals surface area contributed by atoms with Crippen molar-refractivity contribution in [3.8, 4) is 0 Å². The van der Waals surface area contributed by atoms with Gasteiger partial charge in [-0.1, -0.05) is 29.3 Å². The Bertz CT molecular complexity index is 786. The van der Waals surface area contributed by atoms with Gasteiger partial charge in [-0.05, 0) is 51.1 Å². The number of nitrogens with one attached hydrogen (secondary N) is 2. The second-order valence-electron chi connectivity index (χ2n) is 6.19. The summed E-state index contributed by atoms with van der Waals surface area (Å²) < 4.78 is 0. The summed E-state index contributed by atoms with van der Waals surface area (Å²) in [6.45, 7) is 5.60. The van der Waals surface area contributed by atoms with E-state index in [9.17, 15) is 9.59 Å². The maximum atomic E-state index is 12.3. The number of anilines is 1. The van der Waals surface area contributed by atoms with Crippen LogP contribution in [0.3, 0.4) is 0 Å². The molecule has 0 atom stereocenters. The normalized spacial score (nSPS) is 11.0. The number of nitrogens with zero attached hydrogens (tertiary/aromatic N) is 1. The molecule has 0 fully saturated rings. The van der Waals surface area contributed by atoms with E-state index in [-0.39, 0.29) is 17.3 Å². The van der Waals surface area contributed by atoms with Gasteiger partial charge in [0, 0.05) is 10.6 Å². The zero-order chi connectivity index (χ0) is 17.9. The first-order valence-corrected chi connectivity index (χ1v) is 7.97. The van der Waals surface area contributed by atoms with Crippen molar-refractivity contribution in [2.45, 2.75) is 26.3 Å². The average Bonchev–Trinajstić information content (AvgIpc) is 2.48. The number of pyridine rings is 1. The molecule has 1 aromatic carbocycles. The van der Waals surface area contributed by atoms with Crippen molar-refractivity contribution in [2.24, 2.45) is 0 Å². The smallest absolute Gasteiger partial charge is 0.274 e. The molecule has 1 aromatic heterocycles. The molecule has 5 nitrogen and oxygen atoms in total. The van der Waals surface area contributed by atoms with Gasteiger partial charge in [-0.2, -0.15) is 0 Å². The van der Waals surface area contributed by atoms with Gasteiger partial charge in [0.1, 0.15) is 11.4 Å². The number of amides is 2. The van der Waals surface area contributed by atoms with Crippen LogP contribution in [0.25, 0.3) is 0 Å². The largest absolute Gasteiger partial charge is 0.346 e. The van der Waals surface area contributed by atoms with Crippen molar-refractivity contribution in [3.05, 3.63) is 57.8 Å². The molecule has 0 saturated heterocycles. The van der Waals surface area contributed by atoms with Gasteiger partial charge in [-0.3, -0.25) is 9.59 Å². The van der Waals surface area contributed by atoms with Crippen LogP contribution in [0.2, 0.25) is 10.0 Å². The van der Waals surface area contributed by atoms with Gasteiger partial charge in [0.2, 0.25) is 0 Å². The molecule has 2 rings (SSSR count). The average molecular weight is 366 g/mol. The third-order valence-electron chi connectivity index (χ3n) is 2.88. The summed E-state index contributed by atoms with van der Waals surface area (Å²) in [4.78, 5) is 28.6. The summed E-state index contributed by atoms with van der Waals surface area (Å²) in [6.07, 6.45) is 0. The summed E-state index contributed by atoms with van der Waals surface area (Å²) in [5, 5.41) is 6.23. The SMILES string of the molecule is CC(C)(C)NC(=O)c1cccc(C(=O)Nc2ccc(Cl)cc2Cl)n1. The Morgan fingerprint density at radius 3 is 2.21 bits per heavy atom. The van der Waals surface area contributed by atoms with Crippen LogP contribution in [0, 0.1) is 0 Å². The molecule has 0 aliphatic heterocycles. The van der Waals surface area contributed by atoms with Crippen LogP contribution in [0.5, 0.6) is 0 Å². The Labute approximate surface area is 150 Å². The molecule has 24 heavy (non-hydrogen) atoms. The highest BCUT2D eigenvalue weighted by Crippen LogP contribution is 2.25. The molecule has 1 heterocycles. The van der Waals surface area contributed by atoms with Crippen LogP contribution in [0.1, 0.15) is 41.7 Å². The second-order valence-corrected chi connectivity index (χ2v) is 7.03. The first kappa shape index (κ1) is 18.2. The zero-order valence-electron chi connectivity index (χ0n) is 13.5. The fourth-order valence-electron chi connectivity index (χ4n) is 1.87. The predicted octanol–water partition coefficient (Wildman–Crippen LogP) is 4.17. The van der Waals surface area contributed by atoms with Gasteiger partial charge in [-0.15, -0.1) is 0 Å². The number of benzene rings is 1. The van der Waals surface area contributed by atoms with Crippen molar-refractivity contribution in [3.63, 3.8) is 0 Å². The van der Waals surface area contributed by atoms with Crippen LogP contribution in [0.4, 0.5) is 5.69 Å². The Morgan fingerprint density at radius 2 is 1.62 bits per heavy atom. The standard InChI is InChI=1S/C17H17Cl2N3O2/c1-17(2,3)22-16(24)14-6-4-5-13(20-14)15(23)21-12-8-7-10(18)9-11(12)19/h4-9H,1-3H3,(H,21,23)(H,22,24). The first-order chi connectivity index (χ1) is 11.2. The van der Waals surface area contributed by atoms with E-state index in [0.29, 0.717) is 15.7 Å². The van der Waals surface area contributed by atoms with E-state index in [1.54, 1.807) is 24.3 Å². The zero-order valence-corrected chi connectivity index (χ0v) is 15.0. The lowest BCUT2D eigenvalue weighted by Gasteiger charge is -2.20. The summed E-state index contributed by atoms with van der Waals surface area (Å²) in [5.41, 5.74) is 0.299. The van der Waals surface area contributed by atoms with Gasteiger partial charge < -0.3 is 10.6 Å². The molecular formula is C17H17Cl2N3O2. The van der Waals surface area contributed by atoms with E-state index in [4.69, 9.17) is 23.2 Å². The monoisotopic (exact) mass is 365 g/mol. The predicted molar refractivity (Wildman–Crippen MR) is 95.9 cm³/mol. The highest BCUT2D eigenvalue weighted by molar-refractivity contribution is 6.36. The third-order valence-corrected chi connectivity index (χ3v) is 3.43. The summed E-state index contributed by atoms with van der Waals surface area (Å²) in [7, 11) is 0. The number of aromatic nitrogens is 1. The third kappa shape index (κ3) is 4.94. The van der Waals surface area contributed by atoms with Crippen molar-refractivity contribution < 1.29 is 9.59 Å². The van der Waals surface area contributed by atoms with Crippen LogP contribution < -0.4 is 10.6 Å². The molecule has 7 heteroatoms. The lowest BCUT2D eigenvalue weighted by Crippen LogP contribution is -2.41. The fourth-order valence-corrected chi connectivity index (χ4v) is 2.33.